The van der Waals surface area contributed by atoms with Crippen molar-refractivity contribution >= 4 is 17.8 Å². The van der Waals surface area contributed by atoms with Crippen LogP contribution in [0, 0.1) is 0 Å². The summed E-state index contributed by atoms with van der Waals surface area (Å²) in [4.78, 5) is 35.9. The van der Waals surface area contributed by atoms with Crippen molar-refractivity contribution in [3.8, 4) is 0 Å². The summed E-state index contributed by atoms with van der Waals surface area (Å²) in [6.07, 6.45) is -0.994. The van der Waals surface area contributed by atoms with Crippen molar-refractivity contribution < 1.29 is 28.6 Å². The van der Waals surface area contributed by atoms with E-state index in [4.69, 9.17) is 14.2 Å². The first-order chi connectivity index (χ1) is 9.56. The molecule has 0 radical (unpaired) electrons. The fourth-order valence-corrected chi connectivity index (χ4v) is 1.21. The molecule has 0 aliphatic carbocycles. The van der Waals surface area contributed by atoms with Gasteiger partial charge in [-0.05, 0) is 34.6 Å². The lowest BCUT2D eigenvalue weighted by Gasteiger charge is -2.22. The van der Waals surface area contributed by atoms with Crippen LogP contribution >= 0.6 is 0 Å². The van der Waals surface area contributed by atoms with Crippen LogP contribution in [0.2, 0.25) is 0 Å². The van der Waals surface area contributed by atoms with Gasteiger partial charge < -0.3 is 19.1 Å². The average molecular weight is 303 g/mol. The molecule has 0 aromatic heterocycles. The zero-order valence-electron chi connectivity index (χ0n) is 13.6. The second-order valence-corrected chi connectivity index (χ2v) is 5.53. The van der Waals surface area contributed by atoms with E-state index in [1.807, 2.05) is 20.8 Å². The van der Waals surface area contributed by atoms with Gasteiger partial charge in [0, 0.05) is 7.05 Å². The number of carbonyl (C=O) groups is 3. The molecule has 122 valence electrons. The molecule has 0 aliphatic rings. The third-order valence-electron chi connectivity index (χ3n) is 2.35. The van der Waals surface area contributed by atoms with Crippen LogP contribution in [0.1, 0.15) is 34.6 Å². The lowest BCUT2D eigenvalue weighted by atomic mass is 10.2. The number of nitrogens with zero attached hydrogens (tertiary/aromatic N) is 1. The molecule has 1 atom stereocenters. The van der Waals surface area contributed by atoms with Gasteiger partial charge in [0.05, 0.1) is 12.2 Å². The van der Waals surface area contributed by atoms with Crippen LogP contribution in [0.5, 0.6) is 0 Å². The van der Waals surface area contributed by atoms with E-state index in [0.29, 0.717) is 0 Å². The Labute approximate surface area is 125 Å². The lowest BCUT2D eigenvalue weighted by Crippen LogP contribution is -2.39. The molecule has 0 spiro atoms. The van der Waals surface area contributed by atoms with Crippen LogP contribution in [0.3, 0.4) is 0 Å². The molecule has 0 aromatic carbocycles. The van der Waals surface area contributed by atoms with E-state index >= 15 is 0 Å². The molecule has 0 aromatic rings. The van der Waals surface area contributed by atoms with E-state index in [0.717, 1.165) is 0 Å². The average Bonchev–Trinajstić information content (AvgIpc) is 2.34. The highest BCUT2D eigenvalue weighted by atomic mass is 16.6. The summed E-state index contributed by atoms with van der Waals surface area (Å²) in [5.41, 5.74) is -0.435. The maximum Gasteiger partial charge on any atom is 0.347 e. The van der Waals surface area contributed by atoms with Crippen molar-refractivity contribution in [2.75, 3.05) is 26.8 Å². The van der Waals surface area contributed by atoms with Gasteiger partial charge in [0.25, 0.3) is 0 Å². The van der Waals surface area contributed by atoms with Gasteiger partial charge in [-0.2, -0.15) is 0 Å². The van der Waals surface area contributed by atoms with Crippen molar-refractivity contribution in [3.05, 3.63) is 0 Å². The van der Waals surface area contributed by atoms with E-state index in [1.165, 1.54) is 18.9 Å². The quantitative estimate of drug-likeness (QED) is 0.646. The molecule has 0 rings (SSSR count). The van der Waals surface area contributed by atoms with Gasteiger partial charge in [0.15, 0.2) is 6.10 Å². The lowest BCUT2D eigenvalue weighted by molar-refractivity contribution is -0.167. The summed E-state index contributed by atoms with van der Waals surface area (Å²) in [7, 11) is 1.46. The molecular formula is C14H25NO6. The molecule has 7 heteroatoms. The fourth-order valence-electron chi connectivity index (χ4n) is 1.21. The Hall–Kier alpha value is -1.63. The minimum absolute atomic E-state index is 0.124. The normalized spacial score (nSPS) is 12.5. The molecule has 21 heavy (non-hydrogen) atoms. The Bertz CT molecular complexity index is 374. The standard InChI is InChI=1S/C14H25NO6/c1-7-19-13(18)10(2)21-12(17)8-15(6)11(16)9-20-14(3,4)5/h10H,7-9H2,1-6H3. The fraction of sp³-hybridized carbons (Fsp3) is 0.786. The van der Waals surface area contributed by atoms with Gasteiger partial charge in [-0.3, -0.25) is 9.59 Å². The van der Waals surface area contributed by atoms with Crippen molar-refractivity contribution in [2.24, 2.45) is 0 Å². The molecule has 7 nitrogen and oxygen atoms in total. The molecular weight excluding hydrogens is 278 g/mol. The maximum atomic E-state index is 11.7. The van der Waals surface area contributed by atoms with E-state index in [-0.39, 0.29) is 25.7 Å². The summed E-state index contributed by atoms with van der Waals surface area (Å²) in [6.45, 7) is 8.40. The molecule has 0 fully saturated rings. The number of amides is 1. The molecule has 1 amide bonds. The minimum atomic E-state index is -0.994. The van der Waals surface area contributed by atoms with Crippen molar-refractivity contribution in [3.63, 3.8) is 0 Å². The van der Waals surface area contributed by atoms with Crippen LogP contribution in [-0.2, 0) is 28.6 Å². The molecule has 0 heterocycles. The van der Waals surface area contributed by atoms with E-state index in [1.54, 1.807) is 6.92 Å². The number of rotatable bonds is 7. The monoisotopic (exact) mass is 303 g/mol. The second kappa shape index (κ2) is 8.61. The zero-order chi connectivity index (χ0) is 16.6. The van der Waals surface area contributed by atoms with Gasteiger partial charge >= 0.3 is 11.9 Å². The molecule has 0 aliphatic heterocycles. The highest BCUT2D eigenvalue weighted by Gasteiger charge is 2.22. The third kappa shape index (κ3) is 9.01. The summed E-state index contributed by atoms with van der Waals surface area (Å²) in [5.74, 6) is -1.64. The van der Waals surface area contributed by atoms with Crippen molar-refractivity contribution in [2.45, 2.75) is 46.3 Å². The highest BCUT2D eigenvalue weighted by Crippen LogP contribution is 2.06. The highest BCUT2D eigenvalue weighted by molar-refractivity contribution is 5.84. The Morgan fingerprint density at radius 1 is 1.19 bits per heavy atom. The van der Waals surface area contributed by atoms with E-state index in [2.05, 4.69) is 0 Å². The summed E-state index contributed by atoms with van der Waals surface area (Å²) < 4.78 is 14.9. The third-order valence-corrected chi connectivity index (χ3v) is 2.35. The molecule has 1 unspecified atom stereocenters. The van der Waals surface area contributed by atoms with Crippen LogP contribution < -0.4 is 0 Å². The van der Waals surface area contributed by atoms with Gasteiger partial charge in [0.1, 0.15) is 13.2 Å². The number of hydrogen-bond donors (Lipinski definition) is 0. The zero-order valence-corrected chi connectivity index (χ0v) is 13.6. The summed E-state index contributed by atoms with van der Waals surface area (Å²) >= 11 is 0. The molecule has 0 bridgehead atoms. The molecule has 0 saturated heterocycles. The second-order valence-electron chi connectivity index (χ2n) is 5.53. The molecule has 0 saturated carbocycles. The predicted octanol–water partition coefficient (Wildman–Crippen LogP) is 0.755. The largest absolute Gasteiger partial charge is 0.463 e. The Morgan fingerprint density at radius 2 is 1.76 bits per heavy atom. The summed E-state index contributed by atoms with van der Waals surface area (Å²) in [6, 6.07) is 0. The van der Waals surface area contributed by atoms with Crippen LogP contribution in [0.25, 0.3) is 0 Å². The van der Waals surface area contributed by atoms with E-state index < -0.39 is 23.6 Å². The Kier molecular flexibility index (Phi) is 7.94. The number of esters is 2. The summed E-state index contributed by atoms with van der Waals surface area (Å²) in [5, 5.41) is 0. The van der Waals surface area contributed by atoms with Crippen LogP contribution in [-0.4, -0.2) is 61.3 Å². The van der Waals surface area contributed by atoms with Gasteiger partial charge in [-0.25, -0.2) is 4.79 Å². The number of carbonyl (C=O) groups excluding carboxylic acids is 3. The van der Waals surface area contributed by atoms with Gasteiger partial charge in [0.2, 0.25) is 5.91 Å². The number of ether oxygens (including phenoxy) is 3. The SMILES string of the molecule is CCOC(=O)C(C)OC(=O)CN(C)C(=O)COC(C)(C)C. The van der Waals surface area contributed by atoms with Gasteiger partial charge in [-0.15, -0.1) is 0 Å². The smallest absolute Gasteiger partial charge is 0.347 e. The maximum absolute atomic E-state index is 11.7. The predicted molar refractivity (Wildman–Crippen MR) is 75.5 cm³/mol. The Balaban J connectivity index is 4.20. The van der Waals surface area contributed by atoms with Crippen molar-refractivity contribution in [1.82, 2.24) is 4.90 Å². The first-order valence-corrected chi connectivity index (χ1v) is 6.81. The Morgan fingerprint density at radius 3 is 2.24 bits per heavy atom. The van der Waals surface area contributed by atoms with Gasteiger partial charge in [-0.1, -0.05) is 0 Å². The number of hydrogen-bond acceptors (Lipinski definition) is 6. The van der Waals surface area contributed by atoms with Crippen molar-refractivity contribution in [1.29, 1.82) is 0 Å². The molecule has 0 N–H and O–H groups in total. The first-order valence-electron chi connectivity index (χ1n) is 6.81. The van der Waals surface area contributed by atoms with Crippen LogP contribution in [0.15, 0.2) is 0 Å². The van der Waals surface area contributed by atoms with E-state index in [9.17, 15) is 14.4 Å². The minimum Gasteiger partial charge on any atom is -0.463 e. The van der Waals surface area contributed by atoms with Crippen LogP contribution in [0.4, 0.5) is 0 Å². The first kappa shape index (κ1) is 19.4. The topological polar surface area (TPSA) is 82.1 Å². The number of likely N-dealkylation sites (N-methyl/N-ethyl adjacent to an activating group) is 1.